The first kappa shape index (κ1) is 13.4. The number of carbonyl (C=O) groups is 1. The van der Waals surface area contributed by atoms with E-state index in [1.807, 2.05) is 36.1 Å². The van der Waals surface area contributed by atoms with Gasteiger partial charge in [0.1, 0.15) is 5.75 Å². The summed E-state index contributed by atoms with van der Waals surface area (Å²) in [5.74, 6) is 0.765. The molecule has 0 radical (unpaired) electrons. The third-order valence-electron chi connectivity index (χ3n) is 3.00. The molecular formula is C13H17BrN2O2. The number of benzene rings is 1. The Morgan fingerprint density at radius 2 is 2.22 bits per heavy atom. The molecule has 1 saturated heterocycles. The second-order valence-corrected chi connectivity index (χ2v) is 5.30. The second kappa shape index (κ2) is 6.20. The Labute approximate surface area is 115 Å². The SMILES string of the molecule is C[C@H]1CNCCN1C(=O)COc1ccc(Br)cc1. The van der Waals surface area contributed by atoms with E-state index in [1.54, 1.807) is 0 Å². The number of carbonyl (C=O) groups excluding carboxylic acids is 1. The number of rotatable bonds is 3. The molecule has 1 fully saturated rings. The monoisotopic (exact) mass is 312 g/mol. The van der Waals surface area contributed by atoms with Gasteiger partial charge < -0.3 is 15.0 Å². The van der Waals surface area contributed by atoms with Crippen LogP contribution in [0.3, 0.4) is 0 Å². The predicted molar refractivity (Wildman–Crippen MR) is 73.7 cm³/mol. The first-order chi connectivity index (χ1) is 8.66. The van der Waals surface area contributed by atoms with Crippen LogP contribution in [-0.4, -0.2) is 43.1 Å². The Hall–Kier alpha value is -1.07. The van der Waals surface area contributed by atoms with Gasteiger partial charge in [-0.2, -0.15) is 0 Å². The minimum Gasteiger partial charge on any atom is -0.484 e. The summed E-state index contributed by atoms with van der Waals surface area (Å²) in [7, 11) is 0. The van der Waals surface area contributed by atoms with Gasteiger partial charge in [0.05, 0.1) is 0 Å². The van der Waals surface area contributed by atoms with Crippen LogP contribution in [0.25, 0.3) is 0 Å². The van der Waals surface area contributed by atoms with Crippen molar-refractivity contribution in [2.45, 2.75) is 13.0 Å². The smallest absolute Gasteiger partial charge is 0.260 e. The minimum absolute atomic E-state index is 0.0481. The summed E-state index contributed by atoms with van der Waals surface area (Å²) >= 11 is 3.36. The van der Waals surface area contributed by atoms with E-state index in [1.165, 1.54) is 0 Å². The second-order valence-electron chi connectivity index (χ2n) is 4.38. The third-order valence-corrected chi connectivity index (χ3v) is 3.53. The molecule has 98 valence electrons. The first-order valence-corrected chi connectivity index (χ1v) is 6.84. The van der Waals surface area contributed by atoms with E-state index in [-0.39, 0.29) is 18.6 Å². The van der Waals surface area contributed by atoms with E-state index in [0.29, 0.717) is 5.75 Å². The van der Waals surface area contributed by atoms with Gasteiger partial charge in [-0.25, -0.2) is 0 Å². The van der Waals surface area contributed by atoms with Crippen molar-refractivity contribution in [1.82, 2.24) is 10.2 Å². The van der Waals surface area contributed by atoms with E-state index in [0.717, 1.165) is 24.1 Å². The molecule has 0 aromatic heterocycles. The van der Waals surface area contributed by atoms with Crippen molar-refractivity contribution in [3.8, 4) is 5.75 Å². The Balaban J connectivity index is 1.85. The van der Waals surface area contributed by atoms with Crippen molar-refractivity contribution >= 4 is 21.8 Å². The highest BCUT2D eigenvalue weighted by molar-refractivity contribution is 9.10. The lowest BCUT2D eigenvalue weighted by atomic mass is 10.2. The minimum atomic E-state index is 0.0481. The van der Waals surface area contributed by atoms with E-state index >= 15 is 0 Å². The first-order valence-electron chi connectivity index (χ1n) is 6.05. The zero-order valence-corrected chi connectivity index (χ0v) is 11.9. The molecule has 1 N–H and O–H groups in total. The molecule has 0 saturated carbocycles. The zero-order chi connectivity index (χ0) is 13.0. The van der Waals surface area contributed by atoms with Gasteiger partial charge in [-0.1, -0.05) is 15.9 Å². The molecule has 0 unspecified atom stereocenters. The number of piperazine rings is 1. The predicted octanol–water partition coefficient (Wildman–Crippen LogP) is 1.65. The van der Waals surface area contributed by atoms with E-state index in [2.05, 4.69) is 21.2 Å². The lowest BCUT2D eigenvalue weighted by Crippen LogP contribution is -2.53. The number of hydrogen-bond donors (Lipinski definition) is 1. The molecule has 0 aliphatic carbocycles. The van der Waals surface area contributed by atoms with Crippen LogP contribution in [0.2, 0.25) is 0 Å². The summed E-state index contributed by atoms with van der Waals surface area (Å²) in [5, 5.41) is 3.26. The van der Waals surface area contributed by atoms with Crippen molar-refractivity contribution in [2.75, 3.05) is 26.2 Å². The maximum atomic E-state index is 12.0. The maximum Gasteiger partial charge on any atom is 0.260 e. The van der Waals surface area contributed by atoms with Gasteiger partial charge in [-0.15, -0.1) is 0 Å². The van der Waals surface area contributed by atoms with Gasteiger partial charge in [-0.3, -0.25) is 4.79 Å². The number of nitrogens with one attached hydrogen (secondary N) is 1. The third kappa shape index (κ3) is 3.46. The summed E-state index contributed by atoms with van der Waals surface area (Å²) < 4.78 is 6.49. The lowest BCUT2D eigenvalue weighted by Gasteiger charge is -2.33. The summed E-state index contributed by atoms with van der Waals surface area (Å²) in [4.78, 5) is 13.9. The van der Waals surface area contributed by atoms with Crippen LogP contribution >= 0.6 is 15.9 Å². The number of hydrogen-bond acceptors (Lipinski definition) is 3. The summed E-state index contributed by atoms with van der Waals surface area (Å²) in [5.41, 5.74) is 0. The molecule has 0 bridgehead atoms. The quantitative estimate of drug-likeness (QED) is 0.922. The molecule has 1 aliphatic rings. The van der Waals surface area contributed by atoms with Crippen LogP contribution in [0.15, 0.2) is 28.7 Å². The fourth-order valence-electron chi connectivity index (χ4n) is 1.97. The Morgan fingerprint density at radius 3 is 2.89 bits per heavy atom. The number of nitrogens with zero attached hydrogens (tertiary/aromatic N) is 1. The molecule has 5 heteroatoms. The van der Waals surface area contributed by atoms with E-state index in [4.69, 9.17) is 4.74 Å². The van der Waals surface area contributed by atoms with Gasteiger partial charge in [0.15, 0.2) is 6.61 Å². The molecule has 1 aromatic carbocycles. The number of ether oxygens (including phenoxy) is 1. The van der Waals surface area contributed by atoms with Crippen molar-refractivity contribution in [1.29, 1.82) is 0 Å². The standard InChI is InChI=1S/C13H17BrN2O2/c1-10-8-15-6-7-16(10)13(17)9-18-12-4-2-11(14)3-5-12/h2-5,10,15H,6-9H2,1H3/t10-/m0/s1. The molecule has 1 aromatic rings. The van der Waals surface area contributed by atoms with Gasteiger partial charge in [-0.05, 0) is 31.2 Å². The van der Waals surface area contributed by atoms with Crippen LogP contribution in [-0.2, 0) is 4.79 Å². The number of halogens is 1. The molecule has 1 heterocycles. The largest absolute Gasteiger partial charge is 0.484 e. The lowest BCUT2D eigenvalue weighted by molar-refractivity contribution is -0.136. The molecule has 4 nitrogen and oxygen atoms in total. The van der Waals surface area contributed by atoms with Crippen molar-refractivity contribution in [2.24, 2.45) is 0 Å². The van der Waals surface area contributed by atoms with Crippen LogP contribution < -0.4 is 10.1 Å². The molecule has 1 aliphatic heterocycles. The molecule has 18 heavy (non-hydrogen) atoms. The van der Waals surface area contributed by atoms with Crippen molar-refractivity contribution in [3.05, 3.63) is 28.7 Å². The maximum absolute atomic E-state index is 12.0. The molecular weight excluding hydrogens is 296 g/mol. The average Bonchev–Trinajstić information content (AvgIpc) is 2.38. The van der Waals surface area contributed by atoms with E-state index in [9.17, 15) is 4.79 Å². The van der Waals surface area contributed by atoms with Gasteiger partial charge in [0.25, 0.3) is 5.91 Å². The van der Waals surface area contributed by atoms with Gasteiger partial charge in [0.2, 0.25) is 0 Å². The molecule has 1 amide bonds. The normalized spacial score (nSPS) is 19.7. The van der Waals surface area contributed by atoms with E-state index < -0.39 is 0 Å². The van der Waals surface area contributed by atoms with Crippen LogP contribution in [0.1, 0.15) is 6.92 Å². The van der Waals surface area contributed by atoms with Crippen molar-refractivity contribution < 1.29 is 9.53 Å². The fraction of sp³-hybridized carbons (Fsp3) is 0.462. The summed E-state index contributed by atoms with van der Waals surface area (Å²) in [6.45, 7) is 4.61. The van der Waals surface area contributed by atoms with Crippen LogP contribution in [0.5, 0.6) is 5.75 Å². The number of amides is 1. The van der Waals surface area contributed by atoms with Crippen LogP contribution in [0, 0.1) is 0 Å². The Kier molecular flexibility index (Phi) is 4.60. The Bertz CT molecular complexity index is 408. The Morgan fingerprint density at radius 1 is 1.50 bits per heavy atom. The molecule has 0 spiro atoms. The summed E-state index contributed by atoms with van der Waals surface area (Å²) in [6.07, 6.45) is 0. The highest BCUT2D eigenvalue weighted by atomic mass is 79.9. The average molecular weight is 313 g/mol. The van der Waals surface area contributed by atoms with Gasteiger partial charge >= 0.3 is 0 Å². The molecule has 1 atom stereocenters. The van der Waals surface area contributed by atoms with Crippen molar-refractivity contribution in [3.63, 3.8) is 0 Å². The fourth-order valence-corrected chi connectivity index (χ4v) is 2.23. The highest BCUT2D eigenvalue weighted by Crippen LogP contribution is 2.16. The zero-order valence-electron chi connectivity index (χ0n) is 10.4. The molecule has 2 rings (SSSR count). The topological polar surface area (TPSA) is 41.6 Å². The highest BCUT2D eigenvalue weighted by Gasteiger charge is 2.22. The summed E-state index contributed by atoms with van der Waals surface area (Å²) in [6, 6.07) is 7.72. The van der Waals surface area contributed by atoms with Crippen LogP contribution in [0.4, 0.5) is 0 Å². The van der Waals surface area contributed by atoms with Gasteiger partial charge in [0, 0.05) is 30.1 Å².